The molecule has 1 N–H and O–H groups in total. The van der Waals surface area contributed by atoms with E-state index in [9.17, 15) is 9.59 Å². The van der Waals surface area contributed by atoms with Gasteiger partial charge in [0.05, 0.1) is 10.9 Å². The Morgan fingerprint density at radius 3 is 2.45 bits per heavy atom. The zero-order valence-electron chi connectivity index (χ0n) is 10.8. The number of aryl methyl sites for hydroxylation is 1. The highest BCUT2D eigenvalue weighted by Crippen LogP contribution is 2.20. The molecule has 0 saturated carbocycles. The van der Waals surface area contributed by atoms with Crippen LogP contribution < -0.4 is 5.32 Å². The fourth-order valence-electron chi connectivity index (χ4n) is 1.68. The fourth-order valence-corrected chi connectivity index (χ4v) is 2.52. The molecule has 1 heterocycles. The second-order valence-corrected chi connectivity index (χ2v) is 5.48. The van der Waals surface area contributed by atoms with Gasteiger partial charge in [-0.1, -0.05) is 18.2 Å². The first-order chi connectivity index (χ1) is 9.61. The summed E-state index contributed by atoms with van der Waals surface area (Å²) in [5.74, 6) is -2.39. The van der Waals surface area contributed by atoms with Gasteiger partial charge >= 0.3 is 0 Å². The minimum absolute atomic E-state index is 0.428. The molecule has 0 saturated heterocycles. The average molecular weight is 284 g/mol. The number of benzene rings is 1. The smallest absolute Gasteiger partial charge is 0.249 e. The molecule has 2 aromatic rings. The van der Waals surface area contributed by atoms with Gasteiger partial charge in [-0.15, -0.1) is 11.3 Å². The average Bonchev–Trinajstić information content (AvgIpc) is 2.87. The maximum Gasteiger partial charge on any atom is 0.249 e. The minimum Gasteiger partial charge on any atom is -0.325 e. The summed E-state index contributed by atoms with van der Waals surface area (Å²) in [6.07, 6.45) is 0. The Morgan fingerprint density at radius 2 is 1.90 bits per heavy atom. The van der Waals surface area contributed by atoms with Crippen molar-refractivity contribution in [2.75, 3.05) is 5.32 Å². The summed E-state index contributed by atoms with van der Waals surface area (Å²) in [5.41, 5.74) is 0.563. The quantitative estimate of drug-likeness (QED) is 0.693. The van der Waals surface area contributed by atoms with Crippen LogP contribution in [0.4, 0.5) is 5.69 Å². The molecule has 20 heavy (non-hydrogen) atoms. The maximum atomic E-state index is 12.1. The van der Waals surface area contributed by atoms with E-state index in [2.05, 4.69) is 5.32 Å². The summed E-state index contributed by atoms with van der Waals surface area (Å²) in [7, 11) is 0. The molecule has 0 aliphatic heterocycles. The van der Waals surface area contributed by atoms with Crippen molar-refractivity contribution in [3.8, 4) is 6.07 Å². The number of anilines is 1. The predicted molar refractivity (Wildman–Crippen MR) is 77.6 cm³/mol. The Kier molecular flexibility index (Phi) is 4.28. The van der Waals surface area contributed by atoms with Crippen molar-refractivity contribution in [2.45, 2.75) is 6.92 Å². The Morgan fingerprint density at radius 1 is 1.20 bits per heavy atom. The van der Waals surface area contributed by atoms with Crippen molar-refractivity contribution in [1.82, 2.24) is 0 Å². The Bertz CT molecular complexity index is 671. The zero-order chi connectivity index (χ0) is 14.5. The third kappa shape index (κ3) is 3.11. The van der Waals surface area contributed by atoms with Gasteiger partial charge in [0, 0.05) is 10.6 Å². The van der Waals surface area contributed by atoms with Crippen LogP contribution in [-0.4, -0.2) is 11.7 Å². The topological polar surface area (TPSA) is 70.0 Å². The van der Waals surface area contributed by atoms with E-state index in [1.165, 1.54) is 11.3 Å². The highest BCUT2D eigenvalue weighted by molar-refractivity contribution is 7.14. The molecule has 1 atom stereocenters. The number of hydrogen-bond acceptors (Lipinski definition) is 4. The normalized spacial score (nSPS) is 11.4. The van der Waals surface area contributed by atoms with Gasteiger partial charge in [-0.3, -0.25) is 9.59 Å². The van der Waals surface area contributed by atoms with Crippen LogP contribution in [0.2, 0.25) is 0 Å². The van der Waals surface area contributed by atoms with Crippen LogP contribution in [-0.2, 0) is 4.79 Å². The standard InChI is InChI=1S/C15H12N2O2S/c1-10-7-8-13(20-10)14(18)12(9-16)15(19)17-11-5-3-2-4-6-11/h2-8,12H,1H3,(H,17,19)/t12-/m1/s1. The summed E-state index contributed by atoms with van der Waals surface area (Å²) >= 11 is 1.28. The van der Waals surface area contributed by atoms with Crippen molar-refractivity contribution in [1.29, 1.82) is 5.26 Å². The molecule has 5 heteroatoms. The van der Waals surface area contributed by atoms with Crippen molar-refractivity contribution < 1.29 is 9.59 Å². The van der Waals surface area contributed by atoms with Gasteiger partial charge in [0.2, 0.25) is 5.91 Å². The van der Waals surface area contributed by atoms with E-state index in [0.29, 0.717) is 10.6 Å². The summed E-state index contributed by atoms with van der Waals surface area (Å²) in [4.78, 5) is 25.6. The molecule has 0 fully saturated rings. The number of ketones is 1. The Balaban J connectivity index is 2.14. The lowest BCUT2D eigenvalue weighted by Crippen LogP contribution is -2.28. The lowest BCUT2D eigenvalue weighted by Gasteiger charge is -2.08. The number of amides is 1. The van der Waals surface area contributed by atoms with E-state index in [1.54, 1.807) is 42.5 Å². The number of rotatable bonds is 4. The highest BCUT2D eigenvalue weighted by atomic mass is 32.1. The van der Waals surface area contributed by atoms with Gasteiger partial charge in [-0.05, 0) is 31.2 Å². The number of nitrogens with zero attached hydrogens (tertiary/aromatic N) is 1. The van der Waals surface area contributed by atoms with Crippen LogP contribution in [0.15, 0.2) is 42.5 Å². The molecule has 0 bridgehead atoms. The number of hydrogen-bond donors (Lipinski definition) is 1. The van der Waals surface area contributed by atoms with Gasteiger partial charge < -0.3 is 5.32 Å². The van der Waals surface area contributed by atoms with E-state index >= 15 is 0 Å². The molecule has 1 aromatic carbocycles. The molecule has 0 unspecified atom stereocenters. The molecule has 0 radical (unpaired) electrons. The monoisotopic (exact) mass is 284 g/mol. The predicted octanol–water partition coefficient (Wildman–Crippen LogP) is 3.02. The molecular weight excluding hydrogens is 272 g/mol. The Hall–Kier alpha value is -2.45. The Labute approximate surface area is 120 Å². The molecule has 1 amide bonds. The minimum atomic E-state index is -1.33. The largest absolute Gasteiger partial charge is 0.325 e. The number of thiophene rings is 1. The molecule has 0 aliphatic rings. The molecule has 1 aromatic heterocycles. The van der Waals surface area contributed by atoms with Gasteiger partial charge in [0.25, 0.3) is 0 Å². The first-order valence-corrected chi connectivity index (χ1v) is 6.79. The first-order valence-electron chi connectivity index (χ1n) is 5.98. The summed E-state index contributed by atoms with van der Waals surface area (Å²) in [6, 6.07) is 14.0. The van der Waals surface area contributed by atoms with Gasteiger partial charge in [-0.25, -0.2) is 0 Å². The second-order valence-electron chi connectivity index (χ2n) is 4.19. The van der Waals surface area contributed by atoms with Crippen molar-refractivity contribution >= 4 is 28.7 Å². The van der Waals surface area contributed by atoms with Crippen molar-refractivity contribution in [2.24, 2.45) is 5.92 Å². The lowest BCUT2D eigenvalue weighted by molar-refractivity contribution is -0.117. The molecule has 0 aliphatic carbocycles. The van der Waals surface area contributed by atoms with Gasteiger partial charge in [0.1, 0.15) is 0 Å². The second kappa shape index (κ2) is 6.13. The van der Waals surface area contributed by atoms with Crippen LogP contribution in [0.25, 0.3) is 0 Å². The van der Waals surface area contributed by atoms with E-state index in [0.717, 1.165) is 4.88 Å². The lowest BCUT2D eigenvalue weighted by atomic mass is 10.0. The number of Topliss-reactive ketones (excluding diaryl/α,β-unsaturated/α-hetero) is 1. The van der Waals surface area contributed by atoms with Crippen molar-refractivity contribution in [3.05, 3.63) is 52.2 Å². The van der Waals surface area contributed by atoms with Gasteiger partial charge in [-0.2, -0.15) is 5.26 Å². The highest BCUT2D eigenvalue weighted by Gasteiger charge is 2.28. The third-order valence-electron chi connectivity index (χ3n) is 2.68. The molecule has 2 rings (SSSR count). The van der Waals surface area contributed by atoms with Crippen molar-refractivity contribution in [3.63, 3.8) is 0 Å². The number of nitrogens with one attached hydrogen (secondary N) is 1. The maximum absolute atomic E-state index is 12.1. The number of para-hydroxylation sites is 1. The number of carbonyl (C=O) groups excluding carboxylic acids is 2. The third-order valence-corrected chi connectivity index (χ3v) is 3.69. The number of carbonyl (C=O) groups is 2. The zero-order valence-corrected chi connectivity index (χ0v) is 11.6. The summed E-state index contributed by atoms with van der Waals surface area (Å²) < 4.78 is 0. The SMILES string of the molecule is Cc1ccc(C(=O)[C@@H](C#N)C(=O)Nc2ccccc2)s1. The van der Waals surface area contributed by atoms with Crippen LogP contribution in [0.5, 0.6) is 0 Å². The first kappa shape index (κ1) is 14.0. The van der Waals surface area contributed by atoms with Crippen LogP contribution in [0, 0.1) is 24.2 Å². The van der Waals surface area contributed by atoms with E-state index in [1.807, 2.05) is 13.0 Å². The summed E-state index contributed by atoms with van der Waals surface area (Å²) in [6.45, 7) is 1.87. The van der Waals surface area contributed by atoms with E-state index in [4.69, 9.17) is 5.26 Å². The van der Waals surface area contributed by atoms with Gasteiger partial charge in [0.15, 0.2) is 11.7 Å². The molecular formula is C15H12N2O2S. The number of nitriles is 1. The van der Waals surface area contributed by atoms with E-state index in [-0.39, 0.29) is 0 Å². The van der Waals surface area contributed by atoms with Crippen LogP contribution >= 0.6 is 11.3 Å². The molecule has 4 nitrogen and oxygen atoms in total. The van der Waals surface area contributed by atoms with Crippen LogP contribution in [0.1, 0.15) is 14.5 Å². The molecule has 100 valence electrons. The molecule has 0 spiro atoms. The fraction of sp³-hybridized carbons (Fsp3) is 0.133. The van der Waals surface area contributed by atoms with E-state index < -0.39 is 17.6 Å². The van der Waals surface area contributed by atoms with Crippen LogP contribution in [0.3, 0.4) is 0 Å². The summed E-state index contributed by atoms with van der Waals surface area (Å²) in [5, 5.41) is 11.7.